The summed E-state index contributed by atoms with van der Waals surface area (Å²) in [5.74, 6) is -0.410. The second kappa shape index (κ2) is 6.17. The van der Waals surface area contributed by atoms with Crippen molar-refractivity contribution in [3.63, 3.8) is 0 Å². The Labute approximate surface area is 148 Å². The fourth-order valence-corrected chi connectivity index (χ4v) is 3.43. The average molecular weight is 339 g/mol. The molecule has 4 heteroatoms. The van der Waals surface area contributed by atoms with Gasteiger partial charge in [-0.15, -0.1) is 0 Å². The minimum atomic E-state index is -0.540. The Bertz CT molecular complexity index is 827. The van der Waals surface area contributed by atoms with Crippen LogP contribution in [0.4, 0.5) is 5.69 Å². The maximum absolute atomic E-state index is 12.9. The SMILES string of the molecule is CC(C)C(=O)N1c2cccc3cccc(c23)C1CC(=O)OC(C)(C)C. The molecule has 25 heavy (non-hydrogen) atoms. The number of carbonyl (C=O) groups is 2. The van der Waals surface area contributed by atoms with Crippen molar-refractivity contribution in [3.05, 3.63) is 42.0 Å². The Morgan fingerprint density at radius 3 is 2.36 bits per heavy atom. The summed E-state index contributed by atoms with van der Waals surface area (Å²) in [4.78, 5) is 27.2. The van der Waals surface area contributed by atoms with Gasteiger partial charge >= 0.3 is 5.97 Å². The van der Waals surface area contributed by atoms with Crippen LogP contribution in [0.1, 0.15) is 52.6 Å². The van der Waals surface area contributed by atoms with Crippen LogP contribution in [0.15, 0.2) is 36.4 Å². The summed E-state index contributed by atoms with van der Waals surface area (Å²) in [5.41, 5.74) is 1.37. The monoisotopic (exact) mass is 339 g/mol. The predicted molar refractivity (Wildman–Crippen MR) is 99.5 cm³/mol. The molecule has 1 unspecified atom stereocenters. The third kappa shape index (κ3) is 3.26. The Hall–Kier alpha value is -2.36. The van der Waals surface area contributed by atoms with Crippen molar-refractivity contribution in [2.45, 2.75) is 52.7 Å². The van der Waals surface area contributed by atoms with Crippen molar-refractivity contribution >= 4 is 28.3 Å². The molecule has 2 aromatic carbocycles. The normalized spacial score (nSPS) is 16.6. The predicted octanol–water partition coefficient (Wildman–Crippen LogP) is 4.62. The van der Waals surface area contributed by atoms with Gasteiger partial charge in [0.25, 0.3) is 0 Å². The van der Waals surface area contributed by atoms with Crippen LogP contribution in [-0.4, -0.2) is 17.5 Å². The van der Waals surface area contributed by atoms with Gasteiger partial charge in [-0.3, -0.25) is 9.59 Å². The van der Waals surface area contributed by atoms with Crippen molar-refractivity contribution in [2.24, 2.45) is 5.92 Å². The quantitative estimate of drug-likeness (QED) is 0.767. The second-order valence-corrected chi connectivity index (χ2v) is 7.89. The number of ether oxygens (including phenoxy) is 1. The number of benzene rings is 2. The highest BCUT2D eigenvalue weighted by Crippen LogP contribution is 2.46. The van der Waals surface area contributed by atoms with Gasteiger partial charge in [0.15, 0.2) is 0 Å². The molecule has 132 valence electrons. The average Bonchev–Trinajstić information content (AvgIpc) is 2.81. The highest BCUT2D eigenvalue weighted by molar-refractivity contribution is 6.10. The lowest BCUT2D eigenvalue weighted by atomic mass is 10.00. The summed E-state index contributed by atoms with van der Waals surface area (Å²) < 4.78 is 5.51. The number of carbonyl (C=O) groups excluding carboxylic acids is 2. The van der Waals surface area contributed by atoms with Crippen LogP contribution >= 0.6 is 0 Å². The van der Waals surface area contributed by atoms with E-state index in [-0.39, 0.29) is 30.3 Å². The maximum Gasteiger partial charge on any atom is 0.308 e. The largest absolute Gasteiger partial charge is 0.460 e. The van der Waals surface area contributed by atoms with Crippen LogP contribution in [0.5, 0.6) is 0 Å². The molecule has 0 fully saturated rings. The van der Waals surface area contributed by atoms with Gasteiger partial charge in [-0.1, -0.05) is 44.2 Å². The van der Waals surface area contributed by atoms with E-state index < -0.39 is 5.60 Å². The molecule has 2 aromatic rings. The Morgan fingerprint density at radius 2 is 1.76 bits per heavy atom. The maximum atomic E-state index is 12.9. The molecule has 1 aliphatic rings. The number of hydrogen-bond acceptors (Lipinski definition) is 3. The number of rotatable bonds is 3. The van der Waals surface area contributed by atoms with Gasteiger partial charge in [-0.05, 0) is 37.8 Å². The van der Waals surface area contributed by atoms with E-state index in [0.29, 0.717) is 0 Å². The Kier molecular flexibility index (Phi) is 4.31. The zero-order valence-electron chi connectivity index (χ0n) is 15.5. The molecule has 0 saturated heterocycles. The summed E-state index contributed by atoms with van der Waals surface area (Å²) in [7, 11) is 0. The van der Waals surface area contributed by atoms with Crippen molar-refractivity contribution in [3.8, 4) is 0 Å². The summed E-state index contributed by atoms with van der Waals surface area (Å²) in [5, 5.41) is 2.15. The standard InChI is InChI=1S/C21H25NO3/c1-13(2)20(24)22-16-11-7-9-14-8-6-10-15(19(14)16)17(22)12-18(23)25-21(3,4)5/h6-11,13,17H,12H2,1-5H3. The second-order valence-electron chi connectivity index (χ2n) is 7.89. The van der Waals surface area contributed by atoms with Gasteiger partial charge < -0.3 is 9.64 Å². The Morgan fingerprint density at radius 1 is 1.12 bits per heavy atom. The van der Waals surface area contributed by atoms with E-state index in [4.69, 9.17) is 4.74 Å². The first-order valence-electron chi connectivity index (χ1n) is 8.75. The van der Waals surface area contributed by atoms with Gasteiger partial charge in [-0.25, -0.2) is 0 Å². The molecule has 1 heterocycles. The first-order chi connectivity index (χ1) is 11.7. The van der Waals surface area contributed by atoms with Crippen LogP contribution in [0.25, 0.3) is 10.8 Å². The fraction of sp³-hybridized carbons (Fsp3) is 0.429. The summed E-state index contributed by atoms with van der Waals surface area (Å²) in [6.45, 7) is 9.33. The van der Waals surface area contributed by atoms with Crippen LogP contribution in [-0.2, 0) is 14.3 Å². The topological polar surface area (TPSA) is 46.6 Å². The van der Waals surface area contributed by atoms with E-state index in [1.54, 1.807) is 4.90 Å². The van der Waals surface area contributed by atoms with Gasteiger partial charge in [0.05, 0.1) is 18.2 Å². The van der Waals surface area contributed by atoms with Gasteiger partial charge in [0, 0.05) is 11.3 Å². The molecule has 0 aliphatic carbocycles. The number of anilines is 1. The summed E-state index contributed by atoms with van der Waals surface area (Å²) in [6.07, 6.45) is 0.156. The van der Waals surface area contributed by atoms with Crippen molar-refractivity contribution in [1.82, 2.24) is 0 Å². The number of nitrogens with zero attached hydrogens (tertiary/aromatic N) is 1. The van der Waals surface area contributed by atoms with Gasteiger partial charge in [-0.2, -0.15) is 0 Å². The van der Waals surface area contributed by atoms with E-state index in [2.05, 4.69) is 0 Å². The van der Waals surface area contributed by atoms with Crippen molar-refractivity contribution < 1.29 is 14.3 Å². The summed E-state index contributed by atoms with van der Waals surface area (Å²) in [6, 6.07) is 11.7. The molecule has 0 radical (unpaired) electrons. The molecule has 1 atom stereocenters. The molecule has 0 bridgehead atoms. The number of esters is 1. The Balaban J connectivity index is 2.05. The van der Waals surface area contributed by atoms with Crippen LogP contribution in [0, 0.1) is 5.92 Å². The molecule has 4 nitrogen and oxygen atoms in total. The lowest BCUT2D eigenvalue weighted by Gasteiger charge is -2.29. The molecule has 0 saturated carbocycles. The molecular formula is C21H25NO3. The number of amides is 1. The lowest BCUT2D eigenvalue weighted by molar-refractivity contribution is -0.155. The van der Waals surface area contributed by atoms with Crippen LogP contribution in [0.2, 0.25) is 0 Å². The molecule has 0 aromatic heterocycles. The van der Waals surface area contributed by atoms with Crippen molar-refractivity contribution in [2.75, 3.05) is 4.90 Å². The fourth-order valence-electron chi connectivity index (χ4n) is 3.43. The highest BCUT2D eigenvalue weighted by Gasteiger charge is 2.38. The molecule has 1 amide bonds. The third-order valence-electron chi connectivity index (χ3n) is 4.36. The molecule has 1 aliphatic heterocycles. The van der Waals surface area contributed by atoms with Gasteiger partial charge in [0.1, 0.15) is 5.60 Å². The smallest absolute Gasteiger partial charge is 0.308 e. The number of hydrogen-bond donors (Lipinski definition) is 0. The van der Waals surface area contributed by atoms with Gasteiger partial charge in [0.2, 0.25) is 5.91 Å². The van der Waals surface area contributed by atoms with E-state index in [9.17, 15) is 9.59 Å². The van der Waals surface area contributed by atoms with E-state index in [1.807, 2.05) is 71.0 Å². The van der Waals surface area contributed by atoms with Crippen molar-refractivity contribution in [1.29, 1.82) is 0 Å². The molecular weight excluding hydrogens is 314 g/mol. The minimum Gasteiger partial charge on any atom is -0.460 e. The minimum absolute atomic E-state index is 0.0252. The zero-order chi connectivity index (χ0) is 18.4. The first-order valence-corrected chi connectivity index (χ1v) is 8.75. The first kappa shape index (κ1) is 17.5. The molecule has 0 spiro atoms. The zero-order valence-corrected chi connectivity index (χ0v) is 15.5. The third-order valence-corrected chi connectivity index (χ3v) is 4.36. The molecule has 0 N–H and O–H groups in total. The summed E-state index contributed by atoms with van der Waals surface area (Å²) >= 11 is 0. The van der Waals surface area contributed by atoms with E-state index in [0.717, 1.165) is 22.0 Å². The van der Waals surface area contributed by atoms with Crippen LogP contribution in [0.3, 0.4) is 0 Å². The van der Waals surface area contributed by atoms with Crippen LogP contribution < -0.4 is 4.90 Å². The molecule has 3 rings (SSSR count). The highest BCUT2D eigenvalue weighted by atomic mass is 16.6. The van der Waals surface area contributed by atoms with E-state index in [1.165, 1.54) is 0 Å². The lowest BCUT2D eigenvalue weighted by Crippen LogP contribution is -2.37. The van der Waals surface area contributed by atoms with E-state index >= 15 is 0 Å².